The van der Waals surface area contributed by atoms with Crippen LogP contribution in [0.4, 0.5) is 5.69 Å². The summed E-state index contributed by atoms with van der Waals surface area (Å²) in [6.07, 6.45) is 0. The normalized spacial score (nSPS) is 11.1. The van der Waals surface area contributed by atoms with Crippen molar-refractivity contribution in [2.75, 3.05) is 11.8 Å². The lowest BCUT2D eigenvalue weighted by Gasteiger charge is -2.10. The van der Waals surface area contributed by atoms with Crippen LogP contribution in [0.15, 0.2) is 82.2 Å². The number of anilines is 1. The Bertz CT molecular complexity index is 1420. The molecule has 1 heterocycles. The van der Waals surface area contributed by atoms with E-state index in [-0.39, 0.29) is 28.8 Å². The molecule has 1 N–H and O–H groups in total. The molecule has 0 fully saturated rings. The number of halogens is 1. The largest absolute Gasteiger partial charge is 0.497 e. The fraction of sp³-hybridized carbons (Fsp3) is 0.0870. The molecule has 0 bridgehead atoms. The van der Waals surface area contributed by atoms with Crippen LogP contribution in [-0.2, 0) is 21.4 Å². The summed E-state index contributed by atoms with van der Waals surface area (Å²) < 4.78 is 43.3. The molecule has 0 aliphatic heterocycles. The number of carbonyl (C=O) groups excluding carboxylic acids is 1. The van der Waals surface area contributed by atoms with Gasteiger partial charge in [-0.25, -0.2) is 13.2 Å². The van der Waals surface area contributed by atoms with Crippen molar-refractivity contribution in [2.45, 2.75) is 11.5 Å². The Balaban J connectivity index is 1.43. The molecule has 0 radical (unpaired) electrons. The third kappa shape index (κ3) is 5.36. The molecule has 4 aromatic rings. The van der Waals surface area contributed by atoms with E-state index in [1.807, 2.05) is 0 Å². The van der Waals surface area contributed by atoms with E-state index in [0.717, 1.165) is 0 Å². The number of nitrogens with one attached hydrogen (secondary N) is 1. The van der Waals surface area contributed by atoms with Crippen LogP contribution in [0.1, 0.15) is 16.2 Å². The standard InChI is InChI=1S/C23H18ClN3O6S/c1-31-17-11-9-16(10-12-17)27-34(29,30)18-6-4-5-15(13-18)23(28)32-14-21-25-22(26-33-21)19-7-2-3-8-20(19)24/h2-13,27H,14H2,1H3. The van der Waals surface area contributed by atoms with Crippen LogP contribution in [0.5, 0.6) is 5.75 Å². The summed E-state index contributed by atoms with van der Waals surface area (Å²) in [4.78, 5) is 16.6. The predicted octanol–water partition coefficient (Wildman–Crippen LogP) is 4.56. The molecule has 0 spiro atoms. The first-order chi connectivity index (χ1) is 16.4. The van der Waals surface area contributed by atoms with Crippen molar-refractivity contribution < 1.29 is 27.2 Å². The second kappa shape index (κ2) is 9.94. The molecule has 0 aliphatic carbocycles. The van der Waals surface area contributed by atoms with Crippen LogP contribution >= 0.6 is 11.6 Å². The predicted molar refractivity (Wildman–Crippen MR) is 124 cm³/mol. The number of benzene rings is 3. The topological polar surface area (TPSA) is 121 Å². The van der Waals surface area contributed by atoms with Crippen molar-refractivity contribution in [3.8, 4) is 17.1 Å². The number of aromatic nitrogens is 2. The first kappa shape index (κ1) is 23.3. The van der Waals surface area contributed by atoms with E-state index in [0.29, 0.717) is 22.0 Å². The van der Waals surface area contributed by atoms with Crippen LogP contribution in [-0.4, -0.2) is 31.6 Å². The van der Waals surface area contributed by atoms with E-state index < -0.39 is 16.0 Å². The highest BCUT2D eigenvalue weighted by atomic mass is 35.5. The molecule has 0 atom stereocenters. The van der Waals surface area contributed by atoms with Crippen molar-refractivity contribution in [1.29, 1.82) is 0 Å². The van der Waals surface area contributed by atoms with Gasteiger partial charge in [-0.2, -0.15) is 4.98 Å². The second-order valence-corrected chi connectivity index (χ2v) is 9.02. The van der Waals surface area contributed by atoms with Gasteiger partial charge in [-0.15, -0.1) is 0 Å². The number of ether oxygens (including phenoxy) is 2. The van der Waals surface area contributed by atoms with Gasteiger partial charge in [0.1, 0.15) is 5.75 Å². The van der Waals surface area contributed by atoms with E-state index in [2.05, 4.69) is 14.9 Å². The first-order valence-corrected chi connectivity index (χ1v) is 11.7. The lowest BCUT2D eigenvalue weighted by atomic mass is 10.2. The zero-order valence-corrected chi connectivity index (χ0v) is 19.3. The zero-order valence-electron chi connectivity index (χ0n) is 17.8. The molecule has 0 unspecified atom stereocenters. The number of methoxy groups -OCH3 is 1. The van der Waals surface area contributed by atoms with Gasteiger partial charge in [0.25, 0.3) is 15.9 Å². The fourth-order valence-corrected chi connectivity index (χ4v) is 4.26. The highest BCUT2D eigenvalue weighted by molar-refractivity contribution is 7.92. The second-order valence-electron chi connectivity index (χ2n) is 6.93. The summed E-state index contributed by atoms with van der Waals surface area (Å²) in [6.45, 7) is -0.294. The average Bonchev–Trinajstić information content (AvgIpc) is 3.32. The van der Waals surface area contributed by atoms with Crippen LogP contribution in [0.25, 0.3) is 11.4 Å². The quantitative estimate of drug-likeness (QED) is 0.350. The number of rotatable bonds is 8. The van der Waals surface area contributed by atoms with Crippen molar-refractivity contribution in [3.05, 3.63) is 89.3 Å². The molecule has 11 heteroatoms. The van der Waals surface area contributed by atoms with Crippen molar-refractivity contribution in [3.63, 3.8) is 0 Å². The molecule has 34 heavy (non-hydrogen) atoms. The molecule has 3 aromatic carbocycles. The summed E-state index contributed by atoms with van der Waals surface area (Å²) in [5, 5.41) is 4.29. The Labute approximate surface area is 200 Å². The Kier molecular flexibility index (Phi) is 6.80. The highest BCUT2D eigenvalue weighted by Gasteiger charge is 2.18. The van der Waals surface area contributed by atoms with Crippen LogP contribution in [0.3, 0.4) is 0 Å². The molecule has 0 saturated carbocycles. The average molecular weight is 500 g/mol. The lowest BCUT2D eigenvalue weighted by molar-refractivity contribution is 0.0429. The minimum atomic E-state index is -3.94. The van der Waals surface area contributed by atoms with Gasteiger partial charge in [-0.3, -0.25) is 4.72 Å². The zero-order chi connectivity index (χ0) is 24.1. The molecule has 0 saturated heterocycles. The highest BCUT2D eigenvalue weighted by Crippen LogP contribution is 2.25. The Hall–Kier alpha value is -3.89. The van der Waals surface area contributed by atoms with Gasteiger partial charge < -0.3 is 14.0 Å². The maximum absolute atomic E-state index is 12.7. The molecule has 4 rings (SSSR count). The third-order valence-electron chi connectivity index (χ3n) is 4.63. The van der Waals surface area contributed by atoms with Gasteiger partial charge in [0.15, 0.2) is 6.61 Å². The van der Waals surface area contributed by atoms with E-state index in [1.54, 1.807) is 48.5 Å². The SMILES string of the molecule is COc1ccc(NS(=O)(=O)c2cccc(C(=O)OCc3nc(-c4ccccc4Cl)no3)c2)cc1. The number of hydrogen-bond donors (Lipinski definition) is 1. The van der Waals surface area contributed by atoms with Crippen molar-refractivity contribution in [2.24, 2.45) is 0 Å². The molecule has 0 amide bonds. The molecule has 0 aliphatic rings. The maximum Gasteiger partial charge on any atom is 0.338 e. The van der Waals surface area contributed by atoms with Gasteiger partial charge in [-0.05, 0) is 54.6 Å². The number of esters is 1. The summed E-state index contributed by atoms with van der Waals surface area (Å²) in [5.41, 5.74) is 0.968. The Morgan fingerprint density at radius 2 is 1.82 bits per heavy atom. The number of carbonyl (C=O) groups is 1. The van der Waals surface area contributed by atoms with Crippen LogP contribution < -0.4 is 9.46 Å². The fourth-order valence-electron chi connectivity index (χ4n) is 2.94. The number of hydrogen-bond acceptors (Lipinski definition) is 8. The molecule has 9 nitrogen and oxygen atoms in total. The maximum atomic E-state index is 12.7. The van der Waals surface area contributed by atoms with Gasteiger partial charge in [0, 0.05) is 11.3 Å². The van der Waals surface area contributed by atoms with Gasteiger partial charge in [0.05, 0.1) is 22.6 Å². The van der Waals surface area contributed by atoms with Crippen LogP contribution in [0.2, 0.25) is 5.02 Å². The minimum Gasteiger partial charge on any atom is -0.497 e. The smallest absolute Gasteiger partial charge is 0.338 e. The first-order valence-electron chi connectivity index (χ1n) is 9.87. The monoisotopic (exact) mass is 499 g/mol. The molecular formula is C23H18ClN3O6S. The minimum absolute atomic E-state index is 0.0449. The van der Waals surface area contributed by atoms with E-state index >= 15 is 0 Å². The molecule has 1 aromatic heterocycles. The van der Waals surface area contributed by atoms with Crippen molar-refractivity contribution in [1.82, 2.24) is 10.1 Å². The summed E-state index contributed by atoms with van der Waals surface area (Å²) >= 11 is 6.12. The van der Waals surface area contributed by atoms with E-state index in [1.165, 1.54) is 31.4 Å². The third-order valence-corrected chi connectivity index (χ3v) is 6.34. The number of sulfonamides is 1. The molecular weight excluding hydrogens is 482 g/mol. The molecule has 174 valence electrons. The van der Waals surface area contributed by atoms with E-state index in [9.17, 15) is 13.2 Å². The summed E-state index contributed by atoms with van der Waals surface area (Å²) in [7, 11) is -2.43. The lowest BCUT2D eigenvalue weighted by Crippen LogP contribution is -2.14. The van der Waals surface area contributed by atoms with E-state index in [4.69, 9.17) is 25.6 Å². The summed E-state index contributed by atoms with van der Waals surface area (Å²) in [5.74, 6) is 0.162. The van der Waals surface area contributed by atoms with Gasteiger partial charge in [0.2, 0.25) is 5.82 Å². The van der Waals surface area contributed by atoms with Gasteiger partial charge >= 0.3 is 5.97 Å². The Morgan fingerprint density at radius 3 is 2.56 bits per heavy atom. The van der Waals surface area contributed by atoms with Crippen LogP contribution in [0, 0.1) is 0 Å². The Morgan fingerprint density at radius 1 is 1.06 bits per heavy atom. The van der Waals surface area contributed by atoms with Crippen molar-refractivity contribution >= 4 is 33.3 Å². The summed E-state index contributed by atoms with van der Waals surface area (Å²) in [6, 6.07) is 18.8. The number of nitrogens with zero attached hydrogens (tertiary/aromatic N) is 2. The van der Waals surface area contributed by atoms with Gasteiger partial charge in [-0.1, -0.05) is 35.0 Å².